The summed E-state index contributed by atoms with van der Waals surface area (Å²) in [5.41, 5.74) is 4.00. The first-order valence-corrected chi connectivity index (χ1v) is 7.80. The third-order valence-corrected chi connectivity index (χ3v) is 4.13. The van der Waals surface area contributed by atoms with Crippen molar-refractivity contribution in [2.45, 2.75) is 6.92 Å². The summed E-state index contributed by atoms with van der Waals surface area (Å²) in [5.74, 6) is 0.127. The largest absolute Gasteiger partial charge is 0.481 e. The fraction of sp³-hybridized carbons (Fsp3) is 0.167. The molecule has 0 unspecified atom stereocenters. The Balaban J connectivity index is 2.33. The Bertz CT molecular complexity index is 969. The monoisotopic (exact) mass is 339 g/mol. The molecular formula is C18H14ClN3O2. The summed E-state index contributed by atoms with van der Waals surface area (Å²) in [4.78, 5) is 16.8. The normalized spacial score (nSPS) is 10.6. The maximum Gasteiger partial charge on any atom is 0.213 e. The van der Waals surface area contributed by atoms with E-state index in [-0.39, 0.29) is 11.7 Å². The number of alkyl halides is 1. The zero-order valence-electron chi connectivity index (χ0n) is 13.2. The molecule has 0 atom stereocenters. The Morgan fingerprint density at radius 3 is 2.58 bits per heavy atom. The maximum absolute atomic E-state index is 12.3. The highest BCUT2D eigenvalue weighted by atomic mass is 35.5. The van der Waals surface area contributed by atoms with Gasteiger partial charge in [-0.15, -0.1) is 11.6 Å². The van der Waals surface area contributed by atoms with Crippen molar-refractivity contribution in [2.24, 2.45) is 0 Å². The minimum absolute atomic E-state index is 0.119. The second-order valence-electron chi connectivity index (χ2n) is 5.23. The number of nitrogens with zero attached hydrogens (tertiary/aromatic N) is 3. The predicted octanol–water partition coefficient (Wildman–Crippen LogP) is 3.64. The number of benzene rings is 1. The van der Waals surface area contributed by atoms with E-state index >= 15 is 0 Å². The highest BCUT2D eigenvalue weighted by Crippen LogP contribution is 2.30. The maximum atomic E-state index is 12.3. The molecule has 0 spiro atoms. The summed E-state index contributed by atoms with van der Waals surface area (Å²) >= 11 is 5.77. The summed E-state index contributed by atoms with van der Waals surface area (Å²) in [5, 5.41) is 8.95. The molecular weight excluding hydrogens is 326 g/mol. The number of nitriles is 1. The van der Waals surface area contributed by atoms with Crippen molar-refractivity contribution in [1.82, 2.24) is 9.55 Å². The number of hydrogen-bond donors (Lipinski definition) is 0. The molecule has 0 bridgehead atoms. The lowest BCUT2D eigenvalue weighted by Gasteiger charge is -2.08. The average molecular weight is 340 g/mol. The van der Waals surface area contributed by atoms with Crippen LogP contribution in [-0.2, 0) is 0 Å². The fourth-order valence-electron chi connectivity index (χ4n) is 2.79. The van der Waals surface area contributed by atoms with Crippen LogP contribution in [0.2, 0.25) is 0 Å². The topological polar surface area (TPSA) is 67.9 Å². The van der Waals surface area contributed by atoms with Crippen LogP contribution in [0.15, 0.2) is 36.4 Å². The van der Waals surface area contributed by atoms with Gasteiger partial charge in [-0.1, -0.05) is 0 Å². The molecule has 0 fully saturated rings. The molecule has 6 heteroatoms. The van der Waals surface area contributed by atoms with Gasteiger partial charge in [-0.25, -0.2) is 4.98 Å². The Labute approximate surface area is 144 Å². The van der Waals surface area contributed by atoms with Gasteiger partial charge in [0.15, 0.2) is 5.78 Å². The van der Waals surface area contributed by atoms with Crippen LogP contribution in [-0.4, -0.2) is 28.3 Å². The molecule has 0 aliphatic heterocycles. The number of hydrogen-bond acceptors (Lipinski definition) is 4. The first kappa shape index (κ1) is 16.0. The van der Waals surface area contributed by atoms with E-state index in [0.29, 0.717) is 22.5 Å². The van der Waals surface area contributed by atoms with Crippen molar-refractivity contribution in [3.8, 4) is 17.6 Å². The fourth-order valence-corrected chi connectivity index (χ4v) is 2.93. The Hall–Kier alpha value is -2.84. The number of methoxy groups -OCH3 is 1. The van der Waals surface area contributed by atoms with Crippen molar-refractivity contribution in [3.05, 3.63) is 53.2 Å². The van der Waals surface area contributed by atoms with Crippen LogP contribution >= 0.6 is 11.6 Å². The molecule has 0 aliphatic carbocycles. The molecule has 2 aromatic heterocycles. The van der Waals surface area contributed by atoms with Gasteiger partial charge in [0.2, 0.25) is 5.88 Å². The van der Waals surface area contributed by atoms with Crippen LogP contribution in [0.25, 0.3) is 16.7 Å². The molecule has 0 amide bonds. The minimum Gasteiger partial charge on any atom is -0.481 e. The summed E-state index contributed by atoms with van der Waals surface area (Å²) < 4.78 is 7.11. The molecule has 24 heavy (non-hydrogen) atoms. The SMILES string of the molecule is COc1ccc2c(n1)c(C(=O)CCl)c(C)n2-c1ccc(C#N)cc1. The first-order chi connectivity index (χ1) is 11.6. The van der Waals surface area contributed by atoms with E-state index in [1.165, 1.54) is 7.11 Å². The summed E-state index contributed by atoms with van der Waals surface area (Å²) in [6.45, 7) is 1.85. The third kappa shape index (κ3) is 2.51. The number of halogens is 1. The van der Waals surface area contributed by atoms with Crippen LogP contribution in [0.1, 0.15) is 21.6 Å². The number of ether oxygens (including phenoxy) is 1. The smallest absolute Gasteiger partial charge is 0.213 e. The molecule has 0 saturated carbocycles. The van der Waals surface area contributed by atoms with Gasteiger partial charge in [-0.05, 0) is 37.3 Å². The van der Waals surface area contributed by atoms with Crippen molar-refractivity contribution in [3.63, 3.8) is 0 Å². The molecule has 2 heterocycles. The van der Waals surface area contributed by atoms with Crippen LogP contribution in [0.3, 0.4) is 0 Å². The predicted molar refractivity (Wildman–Crippen MR) is 92.1 cm³/mol. The third-order valence-electron chi connectivity index (χ3n) is 3.89. The van der Waals surface area contributed by atoms with E-state index in [1.54, 1.807) is 18.2 Å². The van der Waals surface area contributed by atoms with Gasteiger partial charge in [0.25, 0.3) is 0 Å². The van der Waals surface area contributed by atoms with Crippen LogP contribution in [0.5, 0.6) is 5.88 Å². The van der Waals surface area contributed by atoms with Crippen molar-refractivity contribution in [1.29, 1.82) is 5.26 Å². The molecule has 3 aromatic rings. The molecule has 0 N–H and O–H groups in total. The highest BCUT2D eigenvalue weighted by Gasteiger charge is 2.22. The number of pyridine rings is 1. The van der Waals surface area contributed by atoms with Gasteiger partial charge in [0.1, 0.15) is 5.52 Å². The zero-order valence-corrected chi connectivity index (χ0v) is 14.0. The van der Waals surface area contributed by atoms with Crippen LogP contribution < -0.4 is 4.74 Å². The molecule has 5 nitrogen and oxygen atoms in total. The van der Waals surface area contributed by atoms with E-state index in [4.69, 9.17) is 21.6 Å². The standard InChI is InChI=1S/C18H14ClN3O2/c1-11-17(15(23)9-19)18-14(7-8-16(21-18)24-2)22(11)13-5-3-12(10-20)4-6-13/h3-8H,9H2,1-2H3. The zero-order chi connectivity index (χ0) is 17.3. The quantitative estimate of drug-likeness (QED) is 0.537. The van der Waals surface area contributed by atoms with Gasteiger partial charge in [-0.3, -0.25) is 4.79 Å². The summed E-state index contributed by atoms with van der Waals surface area (Å²) in [6.07, 6.45) is 0. The van der Waals surface area contributed by atoms with Gasteiger partial charge >= 0.3 is 0 Å². The molecule has 3 rings (SSSR count). The average Bonchev–Trinajstić information content (AvgIpc) is 2.92. The molecule has 120 valence electrons. The second kappa shape index (κ2) is 6.34. The second-order valence-corrected chi connectivity index (χ2v) is 5.50. The van der Waals surface area contributed by atoms with Crippen LogP contribution in [0, 0.1) is 18.3 Å². The summed E-state index contributed by atoms with van der Waals surface area (Å²) in [7, 11) is 1.53. The number of aromatic nitrogens is 2. The van der Waals surface area contributed by atoms with E-state index in [2.05, 4.69) is 11.1 Å². The summed E-state index contributed by atoms with van der Waals surface area (Å²) in [6, 6.07) is 12.8. The van der Waals surface area contributed by atoms with E-state index < -0.39 is 0 Å². The number of carbonyl (C=O) groups is 1. The van der Waals surface area contributed by atoms with Gasteiger partial charge in [0, 0.05) is 17.4 Å². The van der Waals surface area contributed by atoms with Gasteiger partial charge in [0.05, 0.1) is 35.7 Å². The Kier molecular flexibility index (Phi) is 4.24. The number of carbonyl (C=O) groups excluding carboxylic acids is 1. The Morgan fingerprint density at radius 1 is 1.29 bits per heavy atom. The van der Waals surface area contributed by atoms with E-state index in [9.17, 15) is 4.79 Å². The lowest BCUT2D eigenvalue weighted by molar-refractivity contribution is 0.102. The number of ketones is 1. The molecule has 0 radical (unpaired) electrons. The lowest BCUT2D eigenvalue weighted by atomic mass is 10.1. The number of Topliss-reactive ketones (excluding diaryl/α,β-unsaturated/α-hetero) is 1. The van der Waals surface area contributed by atoms with E-state index in [0.717, 1.165) is 16.9 Å². The Morgan fingerprint density at radius 2 is 2.00 bits per heavy atom. The number of rotatable bonds is 4. The van der Waals surface area contributed by atoms with Crippen LogP contribution in [0.4, 0.5) is 0 Å². The minimum atomic E-state index is -0.188. The van der Waals surface area contributed by atoms with Crippen molar-refractivity contribution in [2.75, 3.05) is 13.0 Å². The van der Waals surface area contributed by atoms with Gasteiger partial charge < -0.3 is 9.30 Å². The lowest BCUT2D eigenvalue weighted by Crippen LogP contribution is -2.04. The first-order valence-electron chi connectivity index (χ1n) is 7.26. The highest BCUT2D eigenvalue weighted by molar-refractivity contribution is 6.32. The van der Waals surface area contributed by atoms with Crippen molar-refractivity contribution >= 4 is 28.4 Å². The van der Waals surface area contributed by atoms with Crippen molar-refractivity contribution < 1.29 is 9.53 Å². The molecule has 0 aliphatic rings. The van der Waals surface area contributed by atoms with E-state index in [1.807, 2.05) is 29.7 Å². The molecule has 1 aromatic carbocycles. The number of fused-ring (bicyclic) bond motifs is 1. The van der Waals surface area contributed by atoms with Gasteiger partial charge in [-0.2, -0.15) is 5.26 Å². The molecule has 0 saturated heterocycles.